The number of rotatable bonds is 0. The Morgan fingerprint density at radius 2 is 1.33 bits per heavy atom. The first-order valence-electron chi connectivity index (χ1n) is 3.77. The van der Waals surface area contributed by atoms with E-state index in [-0.39, 0.29) is 0 Å². The first-order valence-corrected chi connectivity index (χ1v) is 4.56. The van der Waals surface area contributed by atoms with Gasteiger partial charge in [0.15, 0.2) is 0 Å². The van der Waals surface area contributed by atoms with Crippen LogP contribution in [0.25, 0.3) is 0 Å². The number of hydrogen-bond donors (Lipinski definition) is 0. The van der Waals surface area contributed by atoms with E-state index in [0.717, 1.165) is 10.0 Å². The van der Waals surface area contributed by atoms with Crippen molar-refractivity contribution >= 4 is 42.5 Å². The fourth-order valence-electron chi connectivity index (χ4n) is 1.17. The van der Waals surface area contributed by atoms with E-state index in [2.05, 4.69) is 15.9 Å². The number of benzene rings is 1. The molecule has 1 rings (SSSR count). The van der Waals surface area contributed by atoms with Gasteiger partial charge < -0.3 is 0 Å². The van der Waals surface area contributed by atoms with Crippen LogP contribution in [0.2, 0.25) is 0 Å². The standard InChI is InChI=1S/C9H9B2Br/c1-4-5(2)7(10)8(11)9(12)6(4)3/h1-3H3. The van der Waals surface area contributed by atoms with Gasteiger partial charge >= 0.3 is 0 Å². The van der Waals surface area contributed by atoms with Gasteiger partial charge in [-0.05, 0) is 31.9 Å². The predicted octanol–water partition coefficient (Wildman–Crippen LogP) is 0.962. The van der Waals surface area contributed by atoms with Crippen LogP contribution in [0.15, 0.2) is 4.47 Å². The molecule has 0 nitrogen and oxygen atoms in total. The van der Waals surface area contributed by atoms with Crippen molar-refractivity contribution in [3.8, 4) is 0 Å². The molecule has 1 aromatic carbocycles. The summed E-state index contributed by atoms with van der Waals surface area (Å²) in [6.45, 7) is 6.06. The Morgan fingerprint density at radius 3 is 1.83 bits per heavy atom. The van der Waals surface area contributed by atoms with Gasteiger partial charge in [0.05, 0.1) is 0 Å². The first kappa shape index (κ1) is 9.91. The zero-order chi connectivity index (χ0) is 9.46. The normalized spacial score (nSPS) is 10.3. The van der Waals surface area contributed by atoms with Crippen molar-refractivity contribution in [3.05, 3.63) is 21.2 Å². The molecule has 0 aromatic heterocycles. The average Bonchev–Trinajstić information content (AvgIpc) is 2.08. The van der Waals surface area contributed by atoms with Crippen LogP contribution in [0, 0.1) is 20.8 Å². The molecule has 0 aliphatic carbocycles. The van der Waals surface area contributed by atoms with Crippen molar-refractivity contribution < 1.29 is 0 Å². The molecular formula is C9H9B2Br. The van der Waals surface area contributed by atoms with Gasteiger partial charge in [0.1, 0.15) is 15.7 Å². The monoisotopic (exact) mass is 218 g/mol. The topological polar surface area (TPSA) is 0 Å². The second-order valence-corrected chi connectivity index (χ2v) is 3.81. The summed E-state index contributed by atoms with van der Waals surface area (Å²) in [4.78, 5) is 0. The van der Waals surface area contributed by atoms with Crippen LogP contribution in [0.1, 0.15) is 16.7 Å². The van der Waals surface area contributed by atoms with E-state index >= 15 is 0 Å². The molecule has 4 radical (unpaired) electrons. The van der Waals surface area contributed by atoms with Crippen LogP contribution in [0.4, 0.5) is 0 Å². The van der Waals surface area contributed by atoms with Gasteiger partial charge in [0.25, 0.3) is 0 Å². The van der Waals surface area contributed by atoms with E-state index < -0.39 is 0 Å². The third-order valence-corrected chi connectivity index (χ3v) is 3.41. The Morgan fingerprint density at radius 1 is 0.833 bits per heavy atom. The lowest BCUT2D eigenvalue weighted by molar-refractivity contribution is 1.28. The molecule has 58 valence electrons. The van der Waals surface area contributed by atoms with E-state index in [4.69, 9.17) is 15.7 Å². The molecule has 0 bridgehead atoms. The maximum atomic E-state index is 5.80. The lowest BCUT2D eigenvalue weighted by atomic mass is 9.75. The minimum absolute atomic E-state index is 0.649. The van der Waals surface area contributed by atoms with Crippen molar-refractivity contribution in [1.82, 2.24) is 0 Å². The van der Waals surface area contributed by atoms with Crippen LogP contribution < -0.4 is 10.9 Å². The third-order valence-electron chi connectivity index (χ3n) is 2.38. The Labute approximate surface area is 84.7 Å². The smallest absolute Gasteiger partial charge is 0.0993 e. The SMILES string of the molecule is [B]c1c([B])c(Br)c(C)c(C)c1C. The quantitative estimate of drug-likeness (QED) is 0.570. The van der Waals surface area contributed by atoms with Crippen molar-refractivity contribution in [3.63, 3.8) is 0 Å². The molecule has 3 heteroatoms. The van der Waals surface area contributed by atoms with Gasteiger partial charge in [-0.3, -0.25) is 0 Å². The fourth-order valence-corrected chi connectivity index (χ4v) is 1.68. The summed E-state index contributed by atoms with van der Waals surface area (Å²) in [6, 6.07) is 0. The van der Waals surface area contributed by atoms with Crippen molar-refractivity contribution in [2.75, 3.05) is 0 Å². The first-order chi connectivity index (χ1) is 5.46. The fraction of sp³-hybridized carbons (Fsp3) is 0.333. The molecule has 0 fully saturated rings. The largest absolute Gasteiger partial charge is 0.114 e. The van der Waals surface area contributed by atoms with E-state index in [1.165, 1.54) is 11.1 Å². The summed E-state index contributed by atoms with van der Waals surface area (Å²) in [5.41, 5.74) is 4.78. The van der Waals surface area contributed by atoms with Gasteiger partial charge in [0, 0.05) is 4.47 Å². The van der Waals surface area contributed by atoms with Crippen LogP contribution in [-0.2, 0) is 0 Å². The van der Waals surface area contributed by atoms with E-state index in [1.807, 2.05) is 20.8 Å². The molecular weight excluding hydrogens is 210 g/mol. The van der Waals surface area contributed by atoms with Gasteiger partial charge in [-0.25, -0.2) is 0 Å². The summed E-state index contributed by atoms with van der Waals surface area (Å²) >= 11 is 3.41. The highest BCUT2D eigenvalue weighted by atomic mass is 79.9. The van der Waals surface area contributed by atoms with Crippen LogP contribution in [0.5, 0.6) is 0 Å². The summed E-state index contributed by atoms with van der Waals surface area (Å²) in [5.74, 6) is 0. The molecule has 0 aliphatic rings. The molecule has 0 amide bonds. The molecule has 1 aromatic rings. The van der Waals surface area contributed by atoms with Gasteiger partial charge in [-0.15, -0.1) is 0 Å². The Balaban J connectivity index is 3.60. The predicted molar refractivity (Wildman–Crippen MR) is 59.1 cm³/mol. The highest BCUT2D eigenvalue weighted by Gasteiger charge is 2.08. The summed E-state index contributed by atoms with van der Waals surface area (Å²) in [6.07, 6.45) is 0. The molecule has 0 saturated carbocycles. The highest BCUT2D eigenvalue weighted by molar-refractivity contribution is 9.10. The maximum Gasteiger partial charge on any atom is 0.114 e. The number of halogens is 1. The Kier molecular flexibility index (Phi) is 2.72. The second kappa shape index (κ2) is 3.29. The lowest BCUT2D eigenvalue weighted by Gasteiger charge is -2.15. The van der Waals surface area contributed by atoms with Crippen molar-refractivity contribution in [2.45, 2.75) is 20.8 Å². The lowest BCUT2D eigenvalue weighted by Crippen LogP contribution is -2.31. The molecule has 0 aliphatic heterocycles. The third kappa shape index (κ3) is 1.35. The highest BCUT2D eigenvalue weighted by Crippen LogP contribution is 2.17. The molecule has 0 heterocycles. The van der Waals surface area contributed by atoms with E-state index in [1.54, 1.807) is 0 Å². The van der Waals surface area contributed by atoms with Crippen LogP contribution in [-0.4, -0.2) is 15.7 Å². The summed E-state index contributed by atoms with van der Waals surface area (Å²) < 4.78 is 0.920. The molecule has 0 N–H and O–H groups in total. The zero-order valence-corrected chi connectivity index (χ0v) is 9.12. The maximum absolute atomic E-state index is 5.80. The minimum Gasteiger partial charge on any atom is -0.0993 e. The molecule has 0 atom stereocenters. The molecule has 0 spiro atoms. The van der Waals surface area contributed by atoms with Gasteiger partial charge in [-0.2, -0.15) is 0 Å². The van der Waals surface area contributed by atoms with Crippen molar-refractivity contribution in [1.29, 1.82) is 0 Å². The Bertz CT molecular complexity index is 227. The molecule has 0 saturated heterocycles. The molecule has 0 unspecified atom stereocenters. The van der Waals surface area contributed by atoms with Crippen molar-refractivity contribution in [2.24, 2.45) is 0 Å². The van der Waals surface area contributed by atoms with Crippen LogP contribution >= 0.6 is 15.9 Å². The zero-order valence-electron chi connectivity index (χ0n) is 7.53. The van der Waals surface area contributed by atoms with E-state index in [9.17, 15) is 0 Å². The van der Waals surface area contributed by atoms with E-state index in [0.29, 0.717) is 10.9 Å². The molecule has 12 heavy (non-hydrogen) atoms. The second-order valence-electron chi connectivity index (χ2n) is 3.02. The number of hydrogen-bond acceptors (Lipinski definition) is 0. The van der Waals surface area contributed by atoms with Gasteiger partial charge in [0.2, 0.25) is 0 Å². The summed E-state index contributed by atoms with van der Waals surface area (Å²) in [5, 5.41) is 0. The minimum atomic E-state index is 0.649. The average molecular weight is 219 g/mol. The Hall–Kier alpha value is -0.170. The van der Waals surface area contributed by atoms with Gasteiger partial charge in [-0.1, -0.05) is 32.4 Å². The van der Waals surface area contributed by atoms with Crippen LogP contribution in [0.3, 0.4) is 0 Å². The summed E-state index contributed by atoms with van der Waals surface area (Å²) in [7, 11) is 11.6.